The molecular weight excluding hydrogens is 1270 g/mol. The third-order valence-electron chi connectivity index (χ3n) is 27.2. The van der Waals surface area contributed by atoms with Crippen LogP contribution in [0.25, 0.3) is 135 Å². The number of rotatable bonds is 13. The highest BCUT2D eigenvalue weighted by molar-refractivity contribution is 6.13. The summed E-state index contributed by atoms with van der Waals surface area (Å²) in [6.45, 7) is 26.4. The number of aromatic nitrogens is 5. The van der Waals surface area contributed by atoms with Gasteiger partial charge in [0.25, 0.3) is 0 Å². The summed E-state index contributed by atoms with van der Waals surface area (Å²) in [5.41, 5.74) is 33.7. The first kappa shape index (κ1) is 67.2. The predicted molar refractivity (Wildman–Crippen MR) is 445 cm³/mol. The minimum absolute atomic E-state index is 0.180. The van der Waals surface area contributed by atoms with Crippen LogP contribution in [0.4, 0.5) is 0 Å². The Morgan fingerprint density at radius 2 is 0.952 bits per heavy atom. The molecule has 6 aliphatic rings. The number of fused-ring (bicyclic) bond motifs is 19. The maximum atomic E-state index is 5.98. The molecular formula is C100H101N5. The van der Waals surface area contributed by atoms with Crippen molar-refractivity contribution in [3.05, 3.63) is 254 Å². The topological polar surface area (TPSA) is 70.2 Å². The Labute approximate surface area is 621 Å². The molecule has 8 aromatic carbocycles. The number of H-pyrrole nitrogens is 2. The molecule has 3 saturated carbocycles. The van der Waals surface area contributed by atoms with E-state index in [1.54, 1.807) is 5.56 Å². The molecule has 4 aromatic heterocycles. The van der Waals surface area contributed by atoms with Crippen LogP contribution in [0.5, 0.6) is 0 Å². The molecule has 5 heteroatoms. The van der Waals surface area contributed by atoms with Crippen LogP contribution < -0.4 is 0 Å². The van der Waals surface area contributed by atoms with Crippen molar-refractivity contribution >= 4 is 78.8 Å². The van der Waals surface area contributed by atoms with E-state index in [1.807, 2.05) is 0 Å². The first-order chi connectivity index (χ1) is 50.9. The van der Waals surface area contributed by atoms with E-state index < -0.39 is 0 Å². The Morgan fingerprint density at radius 1 is 0.438 bits per heavy atom. The highest BCUT2D eigenvalue weighted by Gasteiger charge is 2.61. The van der Waals surface area contributed by atoms with E-state index in [4.69, 9.17) is 15.0 Å². The van der Waals surface area contributed by atoms with Gasteiger partial charge in [-0.1, -0.05) is 198 Å². The van der Waals surface area contributed by atoms with Crippen LogP contribution in [-0.2, 0) is 25.7 Å². The van der Waals surface area contributed by atoms with Gasteiger partial charge < -0.3 is 9.97 Å². The molecule has 12 aromatic rings. The maximum Gasteiger partial charge on any atom is 0.0744 e. The van der Waals surface area contributed by atoms with Gasteiger partial charge in [-0.3, -0.25) is 0 Å². The Balaban J connectivity index is 0.812. The summed E-state index contributed by atoms with van der Waals surface area (Å²) in [5.74, 6) is 5.40. The van der Waals surface area contributed by atoms with Gasteiger partial charge in [0, 0.05) is 55.3 Å². The molecule has 1 unspecified atom stereocenters. The normalized spacial score (nSPS) is 21.3. The first-order valence-corrected chi connectivity index (χ1v) is 39.8. The monoisotopic (exact) mass is 1370 g/mol. The van der Waals surface area contributed by atoms with Crippen LogP contribution in [0.1, 0.15) is 171 Å². The van der Waals surface area contributed by atoms with Gasteiger partial charge in [-0.25, -0.2) is 15.0 Å². The molecule has 0 radical (unpaired) electrons. The summed E-state index contributed by atoms with van der Waals surface area (Å²) >= 11 is 0. The van der Waals surface area contributed by atoms with Gasteiger partial charge in [-0.05, 0) is 313 Å². The predicted octanol–water partition coefficient (Wildman–Crippen LogP) is 26.5. The van der Waals surface area contributed by atoms with Crippen LogP contribution in [-0.4, -0.2) is 24.9 Å². The lowest BCUT2D eigenvalue weighted by molar-refractivity contribution is -0.103. The van der Waals surface area contributed by atoms with E-state index in [0.717, 1.165) is 145 Å². The van der Waals surface area contributed by atoms with Crippen LogP contribution in [0, 0.1) is 93.8 Å². The van der Waals surface area contributed by atoms with Gasteiger partial charge in [0.05, 0.1) is 34.0 Å². The number of aryl methyl sites for hydroxylation is 8. The number of hydrogen-bond acceptors (Lipinski definition) is 3. The zero-order chi connectivity index (χ0) is 71.7. The summed E-state index contributed by atoms with van der Waals surface area (Å²) in [4.78, 5) is 25.9. The molecule has 5 nitrogen and oxygen atoms in total. The number of nitrogens with zero attached hydrogens (tertiary/aromatic N) is 3. The minimum atomic E-state index is 0.180. The molecule has 0 amide bonds. The van der Waals surface area contributed by atoms with Crippen LogP contribution >= 0.6 is 0 Å². The standard InChI is InChI=1S/C100H101N5/c1-58(2)18-17-19-61(5)79-37-38-80-75-36-35-74-56-77-78(57-100(74,11)81(75)48-49-99(79,80)10)98(105-86-39-34-73-54-71-22-15-16-23-72(71)55-76(73)95(77)86)70-32-30-69(31-33-70)94-84-42-46-89(103-84)96(91-62(6)50-59(3)51-63(91)7)87-44-40-82(101-87)93(68-28-26-67(27-29-68)25-24-66-20-13-12-14-21-66)83-41-45-88(102-83)97(90-47-43-85(94)104-90)92-64(8)52-60(4)53-65(92)9/h12-16,20-23,26-34,39-47,50-55,58,61,74-75,79-81,101,104H,17-19,24-25,35-38,48-49,56-57H2,1-11H3/t61-,74?,75+,79-,80+,81+,99-,100+/m1/s1. The molecule has 6 heterocycles. The van der Waals surface area contributed by atoms with Crippen molar-refractivity contribution < 1.29 is 0 Å². The average molecular weight is 1370 g/mol. The molecule has 0 saturated heterocycles. The van der Waals surface area contributed by atoms with Gasteiger partial charge in [-0.2, -0.15) is 0 Å². The van der Waals surface area contributed by atoms with Gasteiger partial charge >= 0.3 is 0 Å². The number of aromatic amines is 2. The molecule has 8 atom stereocenters. The molecule has 2 N–H and O–H groups in total. The Morgan fingerprint density at radius 3 is 1.53 bits per heavy atom. The fourth-order valence-electron chi connectivity index (χ4n) is 22.4. The Kier molecular flexibility index (Phi) is 16.9. The second-order valence-corrected chi connectivity index (χ2v) is 34.2. The van der Waals surface area contributed by atoms with E-state index in [1.165, 1.54) is 151 Å². The molecule has 105 heavy (non-hydrogen) atoms. The Hall–Kier alpha value is -9.71. The summed E-state index contributed by atoms with van der Waals surface area (Å²) in [7, 11) is 0. The lowest BCUT2D eigenvalue weighted by Crippen LogP contribution is -2.54. The van der Waals surface area contributed by atoms with Crippen molar-refractivity contribution in [2.45, 2.75) is 160 Å². The number of benzene rings is 8. The van der Waals surface area contributed by atoms with Gasteiger partial charge in [-0.15, -0.1) is 0 Å². The van der Waals surface area contributed by atoms with E-state index >= 15 is 0 Å². The molecule has 8 bridgehead atoms. The van der Waals surface area contributed by atoms with Crippen molar-refractivity contribution in [2.75, 3.05) is 0 Å². The van der Waals surface area contributed by atoms with E-state index in [-0.39, 0.29) is 5.41 Å². The molecule has 0 spiro atoms. The van der Waals surface area contributed by atoms with Gasteiger partial charge in [0.15, 0.2) is 0 Å². The first-order valence-electron chi connectivity index (χ1n) is 39.8. The van der Waals surface area contributed by atoms with E-state index in [2.05, 4.69) is 286 Å². The van der Waals surface area contributed by atoms with Gasteiger partial charge in [0.1, 0.15) is 0 Å². The third kappa shape index (κ3) is 11.7. The summed E-state index contributed by atoms with van der Waals surface area (Å²) < 4.78 is 0. The molecule has 18 rings (SSSR count). The van der Waals surface area contributed by atoms with Crippen molar-refractivity contribution in [1.29, 1.82) is 0 Å². The SMILES string of the molecule is Cc1cc(C)c(-c2c3nc(c(-c4ccc(-c5nc6ccc7cc8ccccc8cc7c6c6c5C[C@@]5(C)C(CC[C@H]7[C@@H]8CC[C@H]([C@H](C)CCCC(C)C)[C@@]8(C)CC[C@@H]75)C6)cc4)c4ccc([nH]4)c(-c4c(C)cc(C)cc4C)c4nc(c(-c5ccc(CCc6ccccc6)cc5)c5ccc2[nH]5)C=C4)C=C3)c(C)c1. The van der Waals surface area contributed by atoms with Gasteiger partial charge in [0.2, 0.25) is 0 Å². The number of hydrogen-bond donors (Lipinski definition) is 2. The van der Waals surface area contributed by atoms with Crippen molar-refractivity contribution in [3.8, 4) is 55.8 Å². The highest BCUT2D eigenvalue weighted by Crippen LogP contribution is 2.69. The van der Waals surface area contributed by atoms with Crippen LogP contribution in [0.3, 0.4) is 0 Å². The molecule has 526 valence electrons. The lowest BCUT2D eigenvalue weighted by atomic mass is 9.44. The molecule has 4 aliphatic carbocycles. The van der Waals surface area contributed by atoms with E-state index in [0.29, 0.717) is 17.3 Å². The second kappa shape index (κ2) is 26.4. The van der Waals surface area contributed by atoms with E-state index in [9.17, 15) is 0 Å². The fraction of sp³-hybridized carbons (Fsp3) is 0.330. The maximum absolute atomic E-state index is 5.98. The van der Waals surface area contributed by atoms with Crippen LogP contribution in [0.2, 0.25) is 0 Å². The lowest BCUT2D eigenvalue weighted by Gasteiger charge is -2.61. The van der Waals surface area contributed by atoms with Crippen molar-refractivity contribution in [3.63, 3.8) is 0 Å². The zero-order valence-corrected chi connectivity index (χ0v) is 63.6. The number of nitrogens with one attached hydrogen (secondary N) is 2. The van der Waals surface area contributed by atoms with Crippen molar-refractivity contribution in [2.24, 2.45) is 52.3 Å². The fourth-order valence-corrected chi connectivity index (χ4v) is 22.4. The Bertz CT molecular complexity index is 5620. The highest BCUT2D eigenvalue weighted by atomic mass is 14.8. The average Bonchev–Trinajstić information content (AvgIpc) is 1.69. The third-order valence-corrected chi connectivity index (χ3v) is 27.2. The minimum Gasteiger partial charge on any atom is -0.354 e. The summed E-state index contributed by atoms with van der Waals surface area (Å²) in [6, 6.07) is 66.5. The number of pyridine rings is 1. The summed E-state index contributed by atoms with van der Waals surface area (Å²) in [6.07, 6.45) is 25.6. The zero-order valence-electron chi connectivity index (χ0n) is 63.6. The summed E-state index contributed by atoms with van der Waals surface area (Å²) in [5, 5.41) is 6.61. The molecule has 2 aliphatic heterocycles. The quantitative estimate of drug-likeness (QED) is 0.0893. The molecule has 3 fully saturated rings. The van der Waals surface area contributed by atoms with Crippen molar-refractivity contribution in [1.82, 2.24) is 24.9 Å². The smallest absolute Gasteiger partial charge is 0.0744 e. The second-order valence-electron chi connectivity index (χ2n) is 34.2. The van der Waals surface area contributed by atoms with Crippen LogP contribution in [0.15, 0.2) is 176 Å². The largest absolute Gasteiger partial charge is 0.354 e.